The van der Waals surface area contributed by atoms with Crippen molar-refractivity contribution in [3.8, 4) is 5.75 Å². The van der Waals surface area contributed by atoms with Crippen molar-refractivity contribution in [3.05, 3.63) is 29.8 Å². The zero-order chi connectivity index (χ0) is 18.4. The maximum atomic E-state index is 12.6. The van der Waals surface area contributed by atoms with E-state index in [9.17, 15) is 9.59 Å². The highest BCUT2D eigenvalue weighted by Crippen LogP contribution is 2.21. The average molecular weight is 359 g/mol. The number of hydrogen-bond acceptors (Lipinski definition) is 3. The van der Waals surface area contributed by atoms with Crippen molar-refractivity contribution in [3.63, 3.8) is 0 Å². The number of carbonyl (C=O) groups is 2. The average Bonchev–Trinajstić information content (AvgIpc) is 3.17. The first-order valence-electron chi connectivity index (χ1n) is 9.65. The molecule has 1 aliphatic heterocycles. The number of methoxy groups -OCH3 is 1. The van der Waals surface area contributed by atoms with Crippen molar-refractivity contribution in [1.29, 1.82) is 0 Å². The van der Waals surface area contributed by atoms with Crippen LogP contribution in [0.25, 0.3) is 0 Å². The number of hydrogen-bond donors (Lipinski definition) is 2. The molecule has 1 aliphatic carbocycles. The summed E-state index contributed by atoms with van der Waals surface area (Å²) < 4.78 is 5.14. The minimum Gasteiger partial charge on any atom is -0.497 e. The van der Waals surface area contributed by atoms with E-state index in [0.717, 1.165) is 37.0 Å². The molecule has 1 aromatic carbocycles. The molecule has 2 fully saturated rings. The smallest absolute Gasteiger partial charge is 0.318 e. The van der Waals surface area contributed by atoms with Gasteiger partial charge < -0.3 is 20.3 Å². The van der Waals surface area contributed by atoms with E-state index in [4.69, 9.17) is 4.74 Å². The monoisotopic (exact) mass is 359 g/mol. The first-order valence-corrected chi connectivity index (χ1v) is 9.65. The Kier molecular flexibility index (Phi) is 6.36. The molecule has 0 unspecified atom stereocenters. The molecule has 6 nitrogen and oxygen atoms in total. The second kappa shape index (κ2) is 8.92. The Labute approximate surface area is 155 Å². The normalized spacial score (nSPS) is 20.7. The Morgan fingerprint density at radius 3 is 2.50 bits per heavy atom. The van der Waals surface area contributed by atoms with Crippen LogP contribution in [0.1, 0.15) is 50.5 Å². The van der Waals surface area contributed by atoms with Gasteiger partial charge in [-0.25, -0.2) is 4.79 Å². The van der Waals surface area contributed by atoms with E-state index in [1.807, 2.05) is 24.3 Å². The largest absolute Gasteiger partial charge is 0.497 e. The Morgan fingerprint density at radius 1 is 1.08 bits per heavy atom. The Morgan fingerprint density at radius 2 is 1.81 bits per heavy atom. The molecule has 26 heavy (non-hydrogen) atoms. The molecular weight excluding hydrogens is 330 g/mol. The molecule has 1 saturated heterocycles. The number of ether oxygens (including phenoxy) is 1. The summed E-state index contributed by atoms with van der Waals surface area (Å²) in [6.45, 7) is 1.11. The molecule has 1 heterocycles. The predicted molar refractivity (Wildman–Crippen MR) is 100.0 cm³/mol. The van der Waals surface area contributed by atoms with Gasteiger partial charge in [0.1, 0.15) is 11.8 Å². The summed E-state index contributed by atoms with van der Waals surface area (Å²) in [5.74, 6) is 0.721. The highest BCUT2D eigenvalue weighted by molar-refractivity contribution is 5.87. The molecule has 0 spiro atoms. The SMILES string of the molecule is COc1ccc(CNC(=O)[C@@H]2CCCN2C(=O)NC2CCCCC2)cc1. The molecular formula is C20H29N3O3. The lowest BCUT2D eigenvalue weighted by atomic mass is 9.96. The summed E-state index contributed by atoms with van der Waals surface area (Å²) in [6.07, 6.45) is 7.31. The Bertz CT molecular complexity index is 611. The van der Waals surface area contributed by atoms with E-state index < -0.39 is 0 Å². The third-order valence-electron chi connectivity index (χ3n) is 5.37. The van der Waals surface area contributed by atoms with Crippen molar-refractivity contribution < 1.29 is 14.3 Å². The minimum absolute atomic E-state index is 0.0721. The Balaban J connectivity index is 1.51. The molecule has 1 atom stereocenters. The first-order chi connectivity index (χ1) is 12.7. The van der Waals surface area contributed by atoms with Gasteiger partial charge in [-0.1, -0.05) is 31.4 Å². The van der Waals surface area contributed by atoms with Gasteiger partial charge in [0, 0.05) is 19.1 Å². The van der Waals surface area contributed by atoms with Gasteiger partial charge in [0.25, 0.3) is 0 Å². The zero-order valence-corrected chi connectivity index (χ0v) is 15.5. The fourth-order valence-corrected chi connectivity index (χ4v) is 3.84. The summed E-state index contributed by atoms with van der Waals surface area (Å²) >= 11 is 0. The molecule has 142 valence electrons. The first kappa shape index (κ1) is 18.5. The number of amides is 3. The van der Waals surface area contributed by atoms with Crippen LogP contribution < -0.4 is 15.4 Å². The molecule has 2 aliphatic rings. The summed E-state index contributed by atoms with van der Waals surface area (Å²) in [4.78, 5) is 26.9. The number of benzene rings is 1. The minimum atomic E-state index is -0.364. The topological polar surface area (TPSA) is 70.7 Å². The highest BCUT2D eigenvalue weighted by Gasteiger charge is 2.34. The van der Waals surface area contributed by atoms with Gasteiger partial charge in [-0.3, -0.25) is 4.79 Å². The van der Waals surface area contributed by atoms with Crippen LogP contribution in [0.3, 0.4) is 0 Å². The number of urea groups is 1. The van der Waals surface area contributed by atoms with Crippen LogP contribution in [0.15, 0.2) is 24.3 Å². The maximum Gasteiger partial charge on any atom is 0.318 e. The summed E-state index contributed by atoms with van der Waals surface area (Å²) in [5.41, 5.74) is 1.01. The summed E-state index contributed by atoms with van der Waals surface area (Å²) in [6, 6.07) is 7.43. The van der Waals surface area contributed by atoms with Crippen molar-refractivity contribution in [2.24, 2.45) is 0 Å². The standard InChI is InChI=1S/C20H29N3O3/c1-26-17-11-9-15(10-12-17)14-21-19(24)18-8-5-13-23(18)20(25)22-16-6-3-2-4-7-16/h9-12,16,18H,2-8,13-14H2,1H3,(H,21,24)(H,22,25)/t18-/m0/s1. The molecule has 0 radical (unpaired) electrons. The van der Waals surface area contributed by atoms with E-state index in [1.165, 1.54) is 19.3 Å². The van der Waals surface area contributed by atoms with Gasteiger partial charge in [-0.15, -0.1) is 0 Å². The van der Waals surface area contributed by atoms with Crippen molar-refractivity contribution in [2.45, 2.75) is 63.6 Å². The van der Waals surface area contributed by atoms with E-state index >= 15 is 0 Å². The second-order valence-corrected chi connectivity index (χ2v) is 7.20. The fraction of sp³-hybridized carbons (Fsp3) is 0.600. The third kappa shape index (κ3) is 4.68. The molecule has 3 amide bonds. The molecule has 3 rings (SSSR count). The number of nitrogens with one attached hydrogen (secondary N) is 2. The van der Waals surface area contributed by atoms with E-state index in [-0.39, 0.29) is 24.0 Å². The maximum absolute atomic E-state index is 12.6. The van der Waals surface area contributed by atoms with E-state index in [0.29, 0.717) is 13.1 Å². The summed E-state index contributed by atoms with van der Waals surface area (Å²) in [5, 5.41) is 6.09. The van der Waals surface area contributed by atoms with Gasteiger partial charge in [0.15, 0.2) is 0 Å². The van der Waals surface area contributed by atoms with Crippen molar-refractivity contribution in [1.82, 2.24) is 15.5 Å². The van der Waals surface area contributed by atoms with Crippen molar-refractivity contribution in [2.75, 3.05) is 13.7 Å². The lowest BCUT2D eigenvalue weighted by Crippen LogP contribution is -2.51. The fourth-order valence-electron chi connectivity index (χ4n) is 3.84. The van der Waals surface area contributed by atoms with Gasteiger partial charge in [0.2, 0.25) is 5.91 Å². The van der Waals surface area contributed by atoms with Gasteiger partial charge in [0.05, 0.1) is 7.11 Å². The number of likely N-dealkylation sites (tertiary alicyclic amines) is 1. The van der Waals surface area contributed by atoms with Crippen LogP contribution in [0.4, 0.5) is 4.79 Å². The molecule has 0 bridgehead atoms. The van der Waals surface area contributed by atoms with Crippen molar-refractivity contribution >= 4 is 11.9 Å². The summed E-state index contributed by atoms with van der Waals surface area (Å²) in [7, 11) is 1.63. The molecule has 0 aromatic heterocycles. The number of nitrogens with zero attached hydrogens (tertiary/aromatic N) is 1. The lowest BCUT2D eigenvalue weighted by Gasteiger charge is -2.29. The molecule has 2 N–H and O–H groups in total. The van der Waals surface area contributed by atoms with Gasteiger partial charge >= 0.3 is 6.03 Å². The van der Waals surface area contributed by atoms with Crippen LogP contribution >= 0.6 is 0 Å². The molecule has 1 saturated carbocycles. The number of carbonyl (C=O) groups excluding carboxylic acids is 2. The van der Waals surface area contributed by atoms with Crippen LogP contribution in [-0.2, 0) is 11.3 Å². The van der Waals surface area contributed by atoms with Gasteiger partial charge in [-0.05, 0) is 43.4 Å². The quantitative estimate of drug-likeness (QED) is 0.849. The highest BCUT2D eigenvalue weighted by atomic mass is 16.5. The van der Waals surface area contributed by atoms with Crippen LogP contribution in [-0.4, -0.2) is 42.6 Å². The zero-order valence-electron chi connectivity index (χ0n) is 15.5. The Hall–Kier alpha value is -2.24. The second-order valence-electron chi connectivity index (χ2n) is 7.20. The lowest BCUT2D eigenvalue weighted by molar-refractivity contribution is -0.124. The van der Waals surface area contributed by atoms with Crippen LogP contribution in [0.5, 0.6) is 5.75 Å². The van der Waals surface area contributed by atoms with Gasteiger partial charge in [-0.2, -0.15) is 0 Å². The molecule has 6 heteroatoms. The predicted octanol–water partition coefficient (Wildman–Crippen LogP) is 2.82. The van der Waals surface area contributed by atoms with E-state index in [2.05, 4.69) is 10.6 Å². The number of rotatable bonds is 5. The third-order valence-corrected chi connectivity index (χ3v) is 5.37. The molecule has 1 aromatic rings. The van der Waals surface area contributed by atoms with E-state index in [1.54, 1.807) is 12.0 Å². The van der Waals surface area contributed by atoms with Crippen LogP contribution in [0.2, 0.25) is 0 Å². The van der Waals surface area contributed by atoms with Crippen LogP contribution in [0, 0.1) is 0 Å².